The topological polar surface area (TPSA) is 61.9 Å². The van der Waals surface area contributed by atoms with Crippen LogP contribution in [-0.4, -0.2) is 5.84 Å². The standard InChI is InChI=1S/C11H14FN3/c1-8-3-2-4-9(11(8)12)7-15-6-5-10(13)14/h2-6,15H,7H2,1H3,(H3,13,14)/b6-5-. The summed E-state index contributed by atoms with van der Waals surface area (Å²) in [7, 11) is 0. The molecule has 0 aliphatic heterocycles. The highest BCUT2D eigenvalue weighted by Gasteiger charge is 2.02. The van der Waals surface area contributed by atoms with Crippen molar-refractivity contribution in [1.82, 2.24) is 5.32 Å². The highest BCUT2D eigenvalue weighted by molar-refractivity contribution is 5.88. The quantitative estimate of drug-likeness (QED) is 0.519. The van der Waals surface area contributed by atoms with Crippen molar-refractivity contribution in [1.29, 1.82) is 5.41 Å². The first-order valence-corrected chi connectivity index (χ1v) is 4.59. The van der Waals surface area contributed by atoms with Gasteiger partial charge in [0.05, 0.1) is 0 Å². The van der Waals surface area contributed by atoms with Crippen LogP contribution in [0.5, 0.6) is 0 Å². The van der Waals surface area contributed by atoms with E-state index in [0.29, 0.717) is 17.7 Å². The van der Waals surface area contributed by atoms with Gasteiger partial charge in [0.2, 0.25) is 0 Å². The Labute approximate surface area is 88.3 Å². The average molecular weight is 207 g/mol. The summed E-state index contributed by atoms with van der Waals surface area (Å²) in [6, 6.07) is 5.26. The van der Waals surface area contributed by atoms with Gasteiger partial charge in [0.1, 0.15) is 11.7 Å². The molecule has 0 aliphatic carbocycles. The number of halogens is 1. The summed E-state index contributed by atoms with van der Waals surface area (Å²) in [5.74, 6) is -0.228. The molecular weight excluding hydrogens is 193 g/mol. The van der Waals surface area contributed by atoms with Gasteiger partial charge in [0.25, 0.3) is 0 Å². The molecule has 4 heteroatoms. The summed E-state index contributed by atoms with van der Waals surface area (Å²) in [4.78, 5) is 0. The van der Waals surface area contributed by atoms with E-state index in [-0.39, 0.29) is 11.7 Å². The Kier molecular flexibility index (Phi) is 3.85. The molecule has 0 aromatic heterocycles. The second-order valence-corrected chi connectivity index (χ2v) is 3.22. The molecule has 0 aliphatic rings. The van der Waals surface area contributed by atoms with Crippen molar-refractivity contribution >= 4 is 5.84 Å². The smallest absolute Gasteiger partial charge is 0.131 e. The number of benzene rings is 1. The Morgan fingerprint density at radius 2 is 2.33 bits per heavy atom. The van der Waals surface area contributed by atoms with Crippen molar-refractivity contribution in [3.8, 4) is 0 Å². The van der Waals surface area contributed by atoms with E-state index in [0.717, 1.165) is 0 Å². The van der Waals surface area contributed by atoms with E-state index in [1.807, 2.05) is 6.07 Å². The first-order valence-electron chi connectivity index (χ1n) is 4.59. The van der Waals surface area contributed by atoms with Crippen LogP contribution in [0.3, 0.4) is 0 Å². The van der Waals surface area contributed by atoms with Gasteiger partial charge in [-0.1, -0.05) is 18.2 Å². The van der Waals surface area contributed by atoms with Crippen molar-refractivity contribution in [2.45, 2.75) is 13.5 Å². The van der Waals surface area contributed by atoms with E-state index in [4.69, 9.17) is 11.1 Å². The molecule has 0 saturated heterocycles. The van der Waals surface area contributed by atoms with Gasteiger partial charge < -0.3 is 11.1 Å². The van der Waals surface area contributed by atoms with Gasteiger partial charge in [-0.25, -0.2) is 4.39 Å². The third-order valence-electron chi connectivity index (χ3n) is 1.95. The molecule has 0 bridgehead atoms. The van der Waals surface area contributed by atoms with Crippen LogP contribution in [0.1, 0.15) is 11.1 Å². The average Bonchev–Trinajstić information content (AvgIpc) is 2.18. The number of hydrogen-bond donors (Lipinski definition) is 3. The van der Waals surface area contributed by atoms with Crippen LogP contribution >= 0.6 is 0 Å². The summed E-state index contributed by atoms with van der Waals surface area (Å²) >= 11 is 0. The molecule has 0 unspecified atom stereocenters. The molecule has 0 fully saturated rings. The van der Waals surface area contributed by atoms with Crippen LogP contribution in [0.4, 0.5) is 4.39 Å². The molecule has 80 valence electrons. The van der Waals surface area contributed by atoms with Gasteiger partial charge in [0.15, 0.2) is 0 Å². The number of nitrogens with two attached hydrogens (primary N) is 1. The summed E-state index contributed by atoms with van der Waals surface area (Å²) < 4.78 is 13.5. The van der Waals surface area contributed by atoms with E-state index in [9.17, 15) is 4.39 Å². The fourth-order valence-corrected chi connectivity index (χ4v) is 1.16. The van der Waals surface area contributed by atoms with Gasteiger partial charge in [-0.05, 0) is 18.6 Å². The molecule has 1 rings (SSSR count). The Morgan fingerprint density at radius 3 is 3.00 bits per heavy atom. The summed E-state index contributed by atoms with van der Waals surface area (Å²) in [5.41, 5.74) is 6.34. The first kappa shape index (κ1) is 11.2. The van der Waals surface area contributed by atoms with E-state index < -0.39 is 0 Å². The monoisotopic (exact) mass is 207 g/mol. The molecule has 0 amide bonds. The fourth-order valence-electron chi connectivity index (χ4n) is 1.16. The van der Waals surface area contributed by atoms with Gasteiger partial charge >= 0.3 is 0 Å². The van der Waals surface area contributed by atoms with Crippen LogP contribution in [0, 0.1) is 18.2 Å². The molecule has 0 radical (unpaired) electrons. The number of hydrogen-bond acceptors (Lipinski definition) is 2. The minimum Gasteiger partial charge on any atom is -0.387 e. The maximum atomic E-state index is 13.5. The Morgan fingerprint density at radius 1 is 1.60 bits per heavy atom. The number of amidine groups is 1. The maximum absolute atomic E-state index is 13.5. The lowest BCUT2D eigenvalue weighted by atomic mass is 10.1. The molecule has 1 aromatic rings. The third kappa shape index (κ3) is 3.42. The highest BCUT2D eigenvalue weighted by atomic mass is 19.1. The Balaban J connectivity index is 2.58. The second kappa shape index (κ2) is 5.14. The zero-order valence-corrected chi connectivity index (χ0v) is 8.55. The highest BCUT2D eigenvalue weighted by Crippen LogP contribution is 2.11. The molecule has 4 N–H and O–H groups in total. The zero-order valence-electron chi connectivity index (χ0n) is 8.55. The van der Waals surface area contributed by atoms with Crippen molar-refractivity contribution in [3.63, 3.8) is 0 Å². The fraction of sp³-hybridized carbons (Fsp3) is 0.182. The molecule has 3 nitrogen and oxygen atoms in total. The van der Waals surface area contributed by atoms with Crippen LogP contribution in [-0.2, 0) is 6.54 Å². The lowest BCUT2D eigenvalue weighted by molar-refractivity contribution is 0.595. The molecule has 0 saturated carbocycles. The molecule has 1 aromatic carbocycles. The van der Waals surface area contributed by atoms with Crippen LogP contribution in [0.25, 0.3) is 0 Å². The van der Waals surface area contributed by atoms with Crippen molar-refractivity contribution < 1.29 is 4.39 Å². The first-order chi connectivity index (χ1) is 7.11. The molecule has 15 heavy (non-hydrogen) atoms. The molecule has 0 atom stereocenters. The van der Waals surface area contributed by atoms with Crippen molar-refractivity contribution in [2.75, 3.05) is 0 Å². The van der Waals surface area contributed by atoms with E-state index >= 15 is 0 Å². The van der Waals surface area contributed by atoms with E-state index in [1.54, 1.807) is 19.1 Å². The third-order valence-corrected chi connectivity index (χ3v) is 1.95. The lowest BCUT2D eigenvalue weighted by Gasteiger charge is -2.04. The van der Waals surface area contributed by atoms with Crippen LogP contribution in [0.2, 0.25) is 0 Å². The maximum Gasteiger partial charge on any atom is 0.131 e. The second-order valence-electron chi connectivity index (χ2n) is 3.22. The summed E-state index contributed by atoms with van der Waals surface area (Å²) in [5, 5.41) is 9.79. The largest absolute Gasteiger partial charge is 0.387 e. The van der Waals surface area contributed by atoms with Crippen molar-refractivity contribution in [3.05, 3.63) is 47.4 Å². The minimum absolute atomic E-state index is 0.0350. The molecular formula is C11H14FN3. The summed E-state index contributed by atoms with van der Waals surface area (Å²) in [6.45, 7) is 2.11. The minimum atomic E-state index is -0.193. The molecule has 0 heterocycles. The van der Waals surface area contributed by atoms with E-state index in [2.05, 4.69) is 5.32 Å². The zero-order chi connectivity index (χ0) is 11.3. The number of nitrogens with one attached hydrogen (secondary N) is 2. The SMILES string of the molecule is Cc1cccc(CN/C=C\C(=N)N)c1F. The number of aryl methyl sites for hydroxylation is 1. The van der Waals surface area contributed by atoms with Gasteiger partial charge in [-0.3, -0.25) is 5.41 Å². The molecule has 0 spiro atoms. The van der Waals surface area contributed by atoms with Gasteiger partial charge in [-0.2, -0.15) is 0 Å². The van der Waals surface area contributed by atoms with Gasteiger partial charge in [-0.15, -0.1) is 0 Å². The van der Waals surface area contributed by atoms with Crippen LogP contribution < -0.4 is 11.1 Å². The van der Waals surface area contributed by atoms with Gasteiger partial charge in [0, 0.05) is 18.3 Å². The lowest BCUT2D eigenvalue weighted by Crippen LogP contribution is -2.10. The Hall–Kier alpha value is -1.84. The Bertz CT molecular complexity index is 385. The summed E-state index contributed by atoms with van der Waals surface area (Å²) in [6.07, 6.45) is 2.94. The van der Waals surface area contributed by atoms with E-state index in [1.165, 1.54) is 12.3 Å². The van der Waals surface area contributed by atoms with Crippen LogP contribution in [0.15, 0.2) is 30.5 Å². The normalized spacial score (nSPS) is 10.5. The number of rotatable bonds is 4. The predicted molar refractivity (Wildman–Crippen MR) is 59.0 cm³/mol. The van der Waals surface area contributed by atoms with Crippen molar-refractivity contribution in [2.24, 2.45) is 5.73 Å². The predicted octanol–water partition coefficient (Wildman–Crippen LogP) is 1.67.